The lowest BCUT2D eigenvalue weighted by Gasteiger charge is -2.32. The summed E-state index contributed by atoms with van der Waals surface area (Å²) >= 11 is 0. The molecule has 0 unspecified atom stereocenters. The Labute approximate surface area is 182 Å². The Kier molecular flexibility index (Phi) is 10.0. The van der Waals surface area contributed by atoms with E-state index < -0.39 is 12.0 Å². The van der Waals surface area contributed by atoms with Crippen molar-refractivity contribution in [3.63, 3.8) is 0 Å². The van der Waals surface area contributed by atoms with Crippen molar-refractivity contribution in [1.29, 1.82) is 0 Å². The molecule has 1 aliphatic carbocycles. The van der Waals surface area contributed by atoms with Gasteiger partial charge in [0.1, 0.15) is 6.04 Å². The van der Waals surface area contributed by atoms with E-state index in [9.17, 15) is 14.7 Å². The van der Waals surface area contributed by atoms with Gasteiger partial charge in [0.25, 0.3) is 0 Å². The molecule has 1 aliphatic rings. The average molecular weight is 414 g/mol. The second-order valence-corrected chi connectivity index (χ2v) is 9.45. The lowest BCUT2D eigenvalue weighted by molar-refractivity contribution is -0.141. The second kappa shape index (κ2) is 11.7. The molecule has 0 aromatic heterocycles. The maximum Gasteiger partial charge on any atom is 0.326 e. The van der Waals surface area contributed by atoms with Gasteiger partial charge in [0.2, 0.25) is 5.91 Å². The van der Waals surface area contributed by atoms with Gasteiger partial charge in [0, 0.05) is 6.08 Å². The second-order valence-electron chi connectivity index (χ2n) is 9.45. The Morgan fingerprint density at radius 1 is 1.17 bits per heavy atom. The summed E-state index contributed by atoms with van der Waals surface area (Å²) in [6, 6.07) is -0.861. The molecule has 0 fully saturated rings. The molecule has 0 bridgehead atoms. The van der Waals surface area contributed by atoms with Crippen LogP contribution in [-0.4, -0.2) is 23.0 Å². The predicted octanol–water partition coefficient (Wildman–Crippen LogP) is 6.13. The zero-order valence-electron chi connectivity index (χ0n) is 19.7. The third-order valence-corrected chi connectivity index (χ3v) is 5.45. The summed E-state index contributed by atoms with van der Waals surface area (Å²) in [4.78, 5) is 23.4. The number of carbonyl (C=O) groups excluding carboxylic acids is 1. The third-order valence-electron chi connectivity index (χ3n) is 5.45. The zero-order valence-corrected chi connectivity index (χ0v) is 19.7. The van der Waals surface area contributed by atoms with Gasteiger partial charge in [0.15, 0.2) is 0 Å². The largest absolute Gasteiger partial charge is 0.480 e. The highest BCUT2D eigenvalue weighted by Gasteiger charge is 2.26. The normalized spacial score (nSPS) is 19.1. The molecule has 0 aromatic rings. The number of carbonyl (C=O) groups is 2. The smallest absolute Gasteiger partial charge is 0.326 e. The van der Waals surface area contributed by atoms with E-state index >= 15 is 0 Å². The first-order valence-electron chi connectivity index (χ1n) is 10.9. The molecule has 4 nitrogen and oxygen atoms in total. The van der Waals surface area contributed by atoms with Gasteiger partial charge in [0.05, 0.1) is 0 Å². The standard InChI is InChI=1S/C26H39NO3/c1-18(2)16-23(25(29)30)27-24(28)17-20(4)11-8-10-19(3)13-14-22-21(5)12-9-15-26(22,6)7/h8,10-11,13-14,17-18,23H,9,12,15-16H2,1-7H3,(H,27,28)(H,29,30)/b11-8+,14-13+,19-10-,20-17+/t23-/m0/s1. The molecule has 30 heavy (non-hydrogen) atoms. The van der Waals surface area contributed by atoms with E-state index in [1.54, 1.807) is 0 Å². The number of carboxylic acids is 1. The number of allylic oxidation sites excluding steroid dienone is 9. The van der Waals surface area contributed by atoms with Crippen LogP contribution in [0.25, 0.3) is 0 Å². The molecule has 0 aliphatic heterocycles. The number of aliphatic carboxylic acids is 1. The van der Waals surface area contributed by atoms with Crippen LogP contribution >= 0.6 is 0 Å². The highest BCUT2D eigenvalue weighted by Crippen LogP contribution is 2.40. The van der Waals surface area contributed by atoms with Crippen LogP contribution < -0.4 is 5.32 Å². The van der Waals surface area contributed by atoms with E-state index in [1.807, 2.05) is 39.0 Å². The van der Waals surface area contributed by atoms with Crippen molar-refractivity contribution < 1.29 is 14.7 Å². The molecule has 2 N–H and O–H groups in total. The van der Waals surface area contributed by atoms with E-state index in [0.29, 0.717) is 6.42 Å². The van der Waals surface area contributed by atoms with E-state index in [2.05, 4.69) is 45.2 Å². The van der Waals surface area contributed by atoms with Crippen LogP contribution in [0.2, 0.25) is 0 Å². The zero-order chi connectivity index (χ0) is 22.9. The third kappa shape index (κ3) is 8.98. The number of hydrogen-bond donors (Lipinski definition) is 2. The first-order chi connectivity index (χ1) is 13.9. The topological polar surface area (TPSA) is 66.4 Å². The summed E-state index contributed by atoms with van der Waals surface area (Å²) in [5.41, 5.74) is 5.04. The van der Waals surface area contributed by atoms with Gasteiger partial charge < -0.3 is 10.4 Å². The number of amides is 1. The van der Waals surface area contributed by atoms with Crippen molar-refractivity contribution in [3.8, 4) is 0 Å². The Morgan fingerprint density at radius 3 is 2.40 bits per heavy atom. The molecule has 166 valence electrons. The molecule has 1 amide bonds. The van der Waals surface area contributed by atoms with Gasteiger partial charge in [-0.3, -0.25) is 4.79 Å². The Hall–Kier alpha value is -2.36. The molecule has 0 radical (unpaired) electrons. The van der Waals surface area contributed by atoms with Crippen LogP contribution in [0.15, 0.2) is 58.7 Å². The van der Waals surface area contributed by atoms with Crippen LogP contribution in [0.4, 0.5) is 0 Å². The van der Waals surface area contributed by atoms with Gasteiger partial charge in [-0.15, -0.1) is 0 Å². The monoisotopic (exact) mass is 413 g/mol. The van der Waals surface area contributed by atoms with Crippen LogP contribution in [0.1, 0.15) is 74.1 Å². The van der Waals surface area contributed by atoms with Crippen LogP contribution in [0, 0.1) is 11.3 Å². The lowest BCUT2D eigenvalue weighted by Crippen LogP contribution is -2.40. The lowest BCUT2D eigenvalue weighted by atomic mass is 9.72. The summed E-state index contributed by atoms with van der Waals surface area (Å²) < 4.78 is 0. The highest BCUT2D eigenvalue weighted by molar-refractivity contribution is 5.91. The van der Waals surface area contributed by atoms with E-state index in [0.717, 1.165) is 11.1 Å². The number of carboxylic acid groups (broad SMARTS) is 1. The first-order valence-corrected chi connectivity index (χ1v) is 10.9. The van der Waals surface area contributed by atoms with Crippen LogP contribution in [-0.2, 0) is 9.59 Å². The number of rotatable bonds is 9. The number of nitrogens with one attached hydrogen (secondary N) is 1. The maximum atomic E-state index is 12.1. The van der Waals surface area contributed by atoms with Crippen LogP contribution in [0.5, 0.6) is 0 Å². The van der Waals surface area contributed by atoms with E-state index in [1.165, 1.54) is 36.5 Å². The summed E-state index contributed by atoms with van der Waals surface area (Å²) in [5, 5.41) is 11.8. The van der Waals surface area contributed by atoms with Gasteiger partial charge >= 0.3 is 5.97 Å². The minimum absolute atomic E-state index is 0.191. The van der Waals surface area contributed by atoms with Crippen molar-refractivity contribution in [1.82, 2.24) is 5.32 Å². The van der Waals surface area contributed by atoms with E-state index in [-0.39, 0.29) is 17.2 Å². The fourth-order valence-electron chi connectivity index (χ4n) is 3.79. The minimum atomic E-state index is -1.00. The molecule has 0 aromatic carbocycles. The van der Waals surface area contributed by atoms with Crippen molar-refractivity contribution in [2.45, 2.75) is 80.2 Å². The van der Waals surface area contributed by atoms with Crippen molar-refractivity contribution in [2.24, 2.45) is 11.3 Å². The predicted molar refractivity (Wildman–Crippen MR) is 125 cm³/mol. The highest BCUT2D eigenvalue weighted by atomic mass is 16.4. The quantitative estimate of drug-likeness (QED) is 0.353. The molecule has 0 heterocycles. The van der Waals surface area contributed by atoms with Gasteiger partial charge in [-0.2, -0.15) is 0 Å². The van der Waals surface area contributed by atoms with Crippen molar-refractivity contribution in [2.75, 3.05) is 0 Å². The van der Waals surface area contributed by atoms with Crippen LogP contribution in [0.3, 0.4) is 0 Å². The molecule has 1 rings (SSSR count). The van der Waals surface area contributed by atoms with Crippen molar-refractivity contribution in [3.05, 3.63) is 58.7 Å². The Morgan fingerprint density at radius 2 is 1.83 bits per heavy atom. The molecule has 0 saturated carbocycles. The van der Waals surface area contributed by atoms with Crippen molar-refractivity contribution >= 4 is 11.9 Å². The fourth-order valence-corrected chi connectivity index (χ4v) is 3.79. The van der Waals surface area contributed by atoms with Gasteiger partial charge in [-0.1, -0.05) is 69.2 Å². The minimum Gasteiger partial charge on any atom is -0.480 e. The SMILES string of the molecule is CC1=C(/C=C/C(C)=C\C=C\C(C)=C\C(=O)N[C@@H](CC(C)C)C(=O)O)C(C)(C)CCC1. The van der Waals surface area contributed by atoms with Gasteiger partial charge in [-0.25, -0.2) is 4.79 Å². The first kappa shape index (κ1) is 25.7. The summed E-state index contributed by atoms with van der Waals surface area (Å²) in [6.45, 7) is 14.6. The molecule has 1 atom stereocenters. The molecule has 0 spiro atoms. The summed E-state index contributed by atoms with van der Waals surface area (Å²) in [5.74, 6) is -1.19. The average Bonchev–Trinajstić information content (AvgIpc) is 2.59. The summed E-state index contributed by atoms with van der Waals surface area (Å²) in [6.07, 6.45) is 15.7. The molecular formula is C26H39NO3. The van der Waals surface area contributed by atoms with Gasteiger partial charge in [-0.05, 0) is 68.9 Å². The fraction of sp³-hybridized carbons (Fsp3) is 0.538. The number of hydrogen-bond acceptors (Lipinski definition) is 2. The van der Waals surface area contributed by atoms with E-state index in [4.69, 9.17) is 0 Å². The Balaban J connectivity index is 2.73. The molecule has 4 heteroatoms. The summed E-state index contributed by atoms with van der Waals surface area (Å²) in [7, 11) is 0. The Bertz CT molecular complexity index is 776. The molecule has 0 saturated heterocycles. The maximum absolute atomic E-state index is 12.1. The molecular weight excluding hydrogens is 374 g/mol.